The van der Waals surface area contributed by atoms with E-state index < -0.39 is 10.0 Å². The quantitative estimate of drug-likeness (QED) is 0.467. The van der Waals surface area contributed by atoms with Crippen LogP contribution in [0.2, 0.25) is 5.02 Å². The standard InChI is InChI=1S/C21H17ClN4O2S/c1-29(27,28)26-17-4-2-3-14(9-17)15-5-6-20-19(10-15)21(7-8-24-20)25-18-11-16(22)12-23-13-18/h2-13,26H,1H3,(H,24,25). The van der Waals surface area contributed by atoms with Crippen LogP contribution in [0.3, 0.4) is 0 Å². The largest absolute Gasteiger partial charge is 0.354 e. The number of hydrogen-bond donors (Lipinski definition) is 2. The van der Waals surface area contributed by atoms with Gasteiger partial charge in [-0.05, 0) is 47.5 Å². The molecule has 6 nitrogen and oxygen atoms in total. The minimum absolute atomic E-state index is 0.514. The maximum absolute atomic E-state index is 11.5. The number of pyridine rings is 2. The third-order valence-corrected chi connectivity index (χ3v) is 5.04. The molecule has 2 N–H and O–H groups in total. The smallest absolute Gasteiger partial charge is 0.229 e. The van der Waals surface area contributed by atoms with Crippen molar-refractivity contribution < 1.29 is 8.42 Å². The lowest BCUT2D eigenvalue weighted by Crippen LogP contribution is -2.09. The Balaban J connectivity index is 1.75. The van der Waals surface area contributed by atoms with Crippen LogP contribution >= 0.6 is 11.6 Å². The number of nitrogens with one attached hydrogen (secondary N) is 2. The van der Waals surface area contributed by atoms with Crippen molar-refractivity contribution in [3.05, 3.63) is 78.2 Å². The molecule has 4 aromatic rings. The summed E-state index contributed by atoms with van der Waals surface area (Å²) in [6, 6.07) is 16.8. The van der Waals surface area contributed by atoms with Crippen LogP contribution in [-0.2, 0) is 10.0 Å². The molecule has 0 unspecified atom stereocenters. The first-order valence-electron chi connectivity index (χ1n) is 8.72. The highest BCUT2D eigenvalue weighted by Gasteiger charge is 2.08. The molecular formula is C21H17ClN4O2S. The molecule has 0 amide bonds. The van der Waals surface area contributed by atoms with Gasteiger partial charge in [-0.15, -0.1) is 0 Å². The number of aromatic nitrogens is 2. The predicted molar refractivity (Wildman–Crippen MR) is 118 cm³/mol. The molecule has 0 atom stereocenters. The fourth-order valence-electron chi connectivity index (χ4n) is 3.05. The monoisotopic (exact) mass is 424 g/mol. The summed E-state index contributed by atoms with van der Waals surface area (Å²) >= 11 is 6.03. The summed E-state index contributed by atoms with van der Waals surface area (Å²) in [4.78, 5) is 8.53. The Labute approximate surface area is 173 Å². The number of halogens is 1. The van der Waals surface area contributed by atoms with Crippen molar-refractivity contribution in [3.63, 3.8) is 0 Å². The zero-order valence-corrected chi connectivity index (χ0v) is 17.0. The molecule has 2 aromatic heterocycles. The molecule has 0 bridgehead atoms. The fraction of sp³-hybridized carbons (Fsp3) is 0.0476. The summed E-state index contributed by atoms with van der Waals surface area (Å²) in [5, 5.41) is 4.80. The van der Waals surface area contributed by atoms with Gasteiger partial charge in [-0.1, -0.05) is 29.8 Å². The van der Waals surface area contributed by atoms with Gasteiger partial charge in [0.05, 0.1) is 28.7 Å². The van der Waals surface area contributed by atoms with Crippen molar-refractivity contribution >= 4 is 49.6 Å². The molecule has 0 aliphatic rings. The van der Waals surface area contributed by atoms with E-state index in [1.165, 1.54) is 0 Å². The topological polar surface area (TPSA) is 84.0 Å². The van der Waals surface area contributed by atoms with E-state index in [-0.39, 0.29) is 0 Å². The van der Waals surface area contributed by atoms with E-state index in [9.17, 15) is 8.42 Å². The summed E-state index contributed by atoms with van der Waals surface area (Å²) in [5.41, 5.74) is 4.81. The molecule has 4 rings (SSSR count). The highest BCUT2D eigenvalue weighted by Crippen LogP contribution is 2.31. The number of sulfonamides is 1. The first-order valence-corrected chi connectivity index (χ1v) is 11.0. The average Bonchev–Trinajstić information content (AvgIpc) is 2.67. The molecule has 146 valence electrons. The third-order valence-electron chi connectivity index (χ3n) is 4.22. The molecule has 2 aromatic carbocycles. The molecule has 0 saturated carbocycles. The Hall–Kier alpha value is -3.16. The second kappa shape index (κ2) is 7.69. The Morgan fingerprint density at radius 2 is 1.76 bits per heavy atom. The van der Waals surface area contributed by atoms with Gasteiger partial charge in [-0.3, -0.25) is 14.7 Å². The fourth-order valence-corrected chi connectivity index (χ4v) is 3.78. The zero-order chi connectivity index (χ0) is 20.4. The van der Waals surface area contributed by atoms with E-state index in [0.29, 0.717) is 10.7 Å². The van der Waals surface area contributed by atoms with Gasteiger partial charge in [0.15, 0.2) is 0 Å². The van der Waals surface area contributed by atoms with E-state index in [1.807, 2.05) is 36.4 Å². The maximum atomic E-state index is 11.5. The molecule has 29 heavy (non-hydrogen) atoms. The van der Waals surface area contributed by atoms with Crippen LogP contribution in [-0.4, -0.2) is 24.6 Å². The Morgan fingerprint density at radius 1 is 0.931 bits per heavy atom. The van der Waals surface area contributed by atoms with Crippen LogP contribution in [0.5, 0.6) is 0 Å². The average molecular weight is 425 g/mol. The first kappa shape index (κ1) is 19.2. The highest BCUT2D eigenvalue weighted by atomic mass is 35.5. The molecular weight excluding hydrogens is 408 g/mol. The van der Waals surface area contributed by atoms with Crippen LogP contribution in [0.1, 0.15) is 0 Å². The van der Waals surface area contributed by atoms with E-state index in [0.717, 1.165) is 39.7 Å². The van der Waals surface area contributed by atoms with Crippen LogP contribution in [0, 0.1) is 0 Å². The van der Waals surface area contributed by atoms with Gasteiger partial charge in [0, 0.05) is 29.2 Å². The summed E-state index contributed by atoms with van der Waals surface area (Å²) in [6.07, 6.45) is 6.14. The maximum Gasteiger partial charge on any atom is 0.229 e. The highest BCUT2D eigenvalue weighted by molar-refractivity contribution is 7.92. The number of rotatable bonds is 5. The summed E-state index contributed by atoms with van der Waals surface area (Å²) in [6.45, 7) is 0. The molecule has 0 aliphatic heterocycles. The van der Waals surface area contributed by atoms with E-state index >= 15 is 0 Å². The number of hydrogen-bond acceptors (Lipinski definition) is 5. The lowest BCUT2D eigenvalue weighted by atomic mass is 10.0. The molecule has 2 heterocycles. The Kier molecular flexibility index (Phi) is 5.08. The number of fused-ring (bicyclic) bond motifs is 1. The molecule has 0 aliphatic carbocycles. The predicted octanol–water partition coefficient (Wildman–Crippen LogP) is 5.07. The molecule has 0 radical (unpaired) electrons. The van der Waals surface area contributed by atoms with E-state index in [1.54, 1.807) is 36.8 Å². The molecule has 0 fully saturated rings. The SMILES string of the molecule is CS(=O)(=O)Nc1cccc(-c2ccc3nccc(Nc4cncc(Cl)c4)c3c2)c1. The van der Waals surface area contributed by atoms with Crippen LogP contribution in [0.15, 0.2) is 73.2 Å². The van der Waals surface area contributed by atoms with Crippen LogP contribution in [0.25, 0.3) is 22.0 Å². The summed E-state index contributed by atoms with van der Waals surface area (Å²) in [7, 11) is -3.34. The van der Waals surface area contributed by atoms with Crippen molar-refractivity contribution in [2.75, 3.05) is 16.3 Å². The van der Waals surface area contributed by atoms with Gasteiger partial charge in [-0.2, -0.15) is 0 Å². The minimum atomic E-state index is -3.34. The number of nitrogens with zero attached hydrogens (tertiary/aromatic N) is 2. The summed E-state index contributed by atoms with van der Waals surface area (Å²) < 4.78 is 25.6. The minimum Gasteiger partial charge on any atom is -0.354 e. The zero-order valence-electron chi connectivity index (χ0n) is 15.4. The lowest BCUT2D eigenvalue weighted by molar-refractivity contribution is 0.607. The summed E-state index contributed by atoms with van der Waals surface area (Å²) in [5.74, 6) is 0. The normalized spacial score (nSPS) is 11.4. The lowest BCUT2D eigenvalue weighted by Gasteiger charge is -2.12. The second-order valence-electron chi connectivity index (χ2n) is 6.56. The molecule has 8 heteroatoms. The van der Waals surface area contributed by atoms with Gasteiger partial charge >= 0.3 is 0 Å². The molecule has 0 spiro atoms. The third kappa shape index (κ3) is 4.64. The first-order chi connectivity index (χ1) is 13.9. The van der Waals surface area contributed by atoms with Gasteiger partial charge < -0.3 is 5.32 Å². The Bertz CT molecular complexity index is 1310. The second-order valence-corrected chi connectivity index (χ2v) is 8.75. The van der Waals surface area contributed by atoms with Gasteiger partial charge in [0.2, 0.25) is 10.0 Å². The van der Waals surface area contributed by atoms with Crippen molar-refractivity contribution in [2.45, 2.75) is 0 Å². The van der Waals surface area contributed by atoms with Crippen LogP contribution in [0.4, 0.5) is 17.1 Å². The van der Waals surface area contributed by atoms with Gasteiger partial charge in [0.25, 0.3) is 0 Å². The van der Waals surface area contributed by atoms with Crippen molar-refractivity contribution in [1.29, 1.82) is 0 Å². The van der Waals surface area contributed by atoms with Crippen molar-refractivity contribution in [1.82, 2.24) is 9.97 Å². The number of benzene rings is 2. The molecule has 0 saturated heterocycles. The Morgan fingerprint density at radius 3 is 2.55 bits per heavy atom. The van der Waals surface area contributed by atoms with Crippen molar-refractivity contribution in [3.8, 4) is 11.1 Å². The van der Waals surface area contributed by atoms with Crippen molar-refractivity contribution in [2.24, 2.45) is 0 Å². The van der Waals surface area contributed by atoms with E-state index in [4.69, 9.17) is 11.6 Å². The van der Waals surface area contributed by atoms with Gasteiger partial charge in [0.1, 0.15) is 0 Å². The van der Waals surface area contributed by atoms with E-state index in [2.05, 4.69) is 20.0 Å². The van der Waals surface area contributed by atoms with Crippen LogP contribution < -0.4 is 10.0 Å². The van der Waals surface area contributed by atoms with Gasteiger partial charge in [-0.25, -0.2) is 8.42 Å². The number of anilines is 3.